The van der Waals surface area contributed by atoms with Crippen molar-refractivity contribution >= 4 is 29.3 Å². The molecule has 0 bridgehead atoms. The molecule has 2 rings (SSSR count). The van der Waals surface area contributed by atoms with Gasteiger partial charge >= 0.3 is 5.97 Å². The van der Waals surface area contributed by atoms with Gasteiger partial charge in [0.05, 0.1) is 0 Å². The van der Waals surface area contributed by atoms with Gasteiger partial charge in [0.1, 0.15) is 5.75 Å². The van der Waals surface area contributed by atoms with Crippen LogP contribution in [-0.4, -0.2) is 27.0 Å². The summed E-state index contributed by atoms with van der Waals surface area (Å²) in [7, 11) is 0. The smallest absolute Gasteiger partial charge is 0.314 e. The van der Waals surface area contributed by atoms with Crippen molar-refractivity contribution in [1.29, 1.82) is 0 Å². The van der Waals surface area contributed by atoms with E-state index in [0.717, 1.165) is 11.8 Å². The first-order valence-corrected chi connectivity index (χ1v) is 5.95. The lowest BCUT2D eigenvalue weighted by atomic mass is 10.2. The SMILES string of the molecule is O=C(O)CSc1nnc(-c2cccc(Cl)c2)o1. The van der Waals surface area contributed by atoms with Gasteiger partial charge in [-0.1, -0.05) is 29.4 Å². The third-order valence-corrected chi connectivity index (χ3v) is 2.84. The number of carbonyl (C=O) groups is 1. The van der Waals surface area contributed by atoms with E-state index in [4.69, 9.17) is 21.1 Å². The number of nitrogens with zero attached hydrogens (tertiary/aromatic N) is 2. The zero-order valence-corrected chi connectivity index (χ0v) is 10.0. The van der Waals surface area contributed by atoms with Crippen LogP contribution in [0, 0.1) is 0 Å². The molecule has 0 unspecified atom stereocenters. The van der Waals surface area contributed by atoms with E-state index in [2.05, 4.69) is 10.2 Å². The van der Waals surface area contributed by atoms with Gasteiger partial charge in [-0.15, -0.1) is 10.2 Å². The molecule has 1 heterocycles. The summed E-state index contributed by atoms with van der Waals surface area (Å²) >= 11 is 6.81. The highest BCUT2D eigenvalue weighted by Crippen LogP contribution is 2.24. The highest BCUT2D eigenvalue weighted by molar-refractivity contribution is 7.99. The van der Waals surface area contributed by atoms with Crippen molar-refractivity contribution in [3.8, 4) is 11.5 Å². The number of hydrogen-bond acceptors (Lipinski definition) is 5. The summed E-state index contributed by atoms with van der Waals surface area (Å²) in [6, 6.07) is 6.99. The maximum absolute atomic E-state index is 10.4. The first kappa shape index (κ1) is 11.9. The fraction of sp³-hybridized carbons (Fsp3) is 0.100. The molecule has 88 valence electrons. The second-order valence-corrected chi connectivity index (χ2v) is 4.43. The fourth-order valence-electron chi connectivity index (χ4n) is 1.13. The first-order valence-electron chi connectivity index (χ1n) is 4.59. The highest BCUT2D eigenvalue weighted by atomic mass is 35.5. The van der Waals surface area contributed by atoms with E-state index >= 15 is 0 Å². The fourth-order valence-corrected chi connectivity index (χ4v) is 1.80. The van der Waals surface area contributed by atoms with Crippen molar-refractivity contribution in [1.82, 2.24) is 10.2 Å². The maximum Gasteiger partial charge on any atom is 0.314 e. The van der Waals surface area contributed by atoms with Crippen LogP contribution in [0.15, 0.2) is 33.9 Å². The molecule has 2 aromatic rings. The molecule has 7 heteroatoms. The van der Waals surface area contributed by atoms with Gasteiger partial charge in [0.2, 0.25) is 5.89 Å². The summed E-state index contributed by atoms with van der Waals surface area (Å²) < 4.78 is 5.29. The summed E-state index contributed by atoms with van der Waals surface area (Å²) in [6.07, 6.45) is 0. The topological polar surface area (TPSA) is 76.2 Å². The quantitative estimate of drug-likeness (QED) is 0.861. The predicted molar refractivity (Wildman–Crippen MR) is 63.1 cm³/mol. The van der Waals surface area contributed by atoms with Crippen LogP contribution in [-0.2, 0) is 4.79 Å². The Morgan fingerprint density at radius 3 is 3.00 bits per heavy atom. The molecule has 1 aromatic carbocycles. The number of aromatic nitrogens is 2. The molecular formula is C10H7ClN2O3S. The lowest BCUT2D eigenvalue weighted by Gasteiger charge is -1.94. The van der Waals surface area contributed by atoms with Crippen LogP contribution in [0.5, 0.6) is 0 Å². The van der Waals surface area contributed by atoms with E-state index in [-0.39, 0.29) is 11.0 Å². The molecule has 1 aromatic heterocycles. The molecule has 0 aliphatic heterocycles. The molecule has 0 fully saturated rings. The molecule has 0 saturated carbocycles. The van der Waals surface area contributed by atoms with Crippen LogP contribution in [0.4, 0.5) is 0 Å². The van der Waals surface area contributed by atoms with Gasteiger partial charge in [-0.2, -0.15) is 0 Å². The molecule has 0 radical (unpaired) electrons. The van der Waals surface area contributed by atoms with Crippen LogP contribution < -0.4 is 0 Å². The average molecular weight is 271 g/mol. The minimum Gasteiger partial charge on any atom is -0.481 e. The lowest BCUT2D eigenvalue weighted by molar-refractivity contribution is -0.133. The Morgan fingerprint density at radius 2 is 2.29 bits per heavy atom. The number of thioether (sulfide) groups is 1. The van der Waals surface area contributed by atoms with Crippen molar-refractivity contribution in [2.24, 2.45) is 0 Å². The summed E-state index contributed by atoms with van der Waals surface area (Å²) in [5, 5.41) is 16.9. The summed E-state index contributed by atoms with van der Waals surface area (Å²) in [4.78, 5) is 10.4. The average Bonchev–Trinajstić information content (AvgIpc) is 2.75. The van der Waals surface area contributed by atoms with Gasteiger partial charge in [0.25, 0.3) is 5.22 Å². The number of aliphatic carboxylic acids is 1. The Kier molecular flexibility index (Phi) is 3.65. The van der Waals surface area contributed by atoms with Crippen molar-refractivity contribution in [3.05, 3.63) is 29.3 Å². The molecule has 0 saturated heterocycles. The molecule has 17 heavy (non-hydrogen) atoms. The highest BCUT2D eigenvalue weighted by Gasteiger charge is 2.10. The van der Waals surface area contributed by atoms with Gasteiger partial charge in [-0.3, -0.25) is 4.79 Å². The van der Waals surface area contributed by atoms with E-state index in [9.17, 15) is 4.79 Å². The van der Waals surface area contributed by atoms with E-state index < -0.39 is 5.97 Å². The van der Waals surface area contributed by atoms with Crippen molar-refractivity contribution in [2.75, 3.05) is 5.75 Å². The van der Waals surface area contributed by atoms with Gasteiger partial charge in [-0.05, 0) is 18.2 Å². The van der Waals surface area contributed by atoms with Gasteiger partial charge in [0, 0.05) is 10.6 Å². The zero-order valence-electron chi connectivity index (χ0n) is 8.46. The molecule has 0 aliphatic rings. The summed E-state index contributed by atoms with van der Waals surface area (Å²) in [5.74, 6) is -0.727. The number of hydrogen-bond donors (Lipinski definition) is 1. The Balaban J connectivity index is 2.15. The summed E-state index contributed by atoms with van der Waals surface area (Å²) in [6.45, 7) is 0. The minimum absolute atomic E-state index is 0.114. The van der Waals surface area contributed by atoms with Crippen LogP contribution in [0.3, 0.4) is 0 Å². The lowest BCUT2D eigenvalue weighted by Crippen LogP contribution is -1.97. The molecule has 1 N–H and O–H groups in total. The number of rotatable bonds is 4. The monoisotopic (exact) mass is 270 g/mol. The van der Waals surface area contributed by atoms with Crippen LogP contribution in [0.2, 0.25) is 5.02 Å². The molecule has 0 amide bonds. The van der Waals surface area contributed by atoms with Crippen LogP contribution in [0.1, 0.15) is 0 Å². The Labute approximate surface area is 106 Å². The maximum atomic E-state index is 10.4. The van der Waals surface area contributed by atoms with Crippen molar-refractivity contribution in [2.45, 2.75) is 5.22 Å². The second-order valence-electron chi connectivity index (χ2n) is 3.07. The Morgan fingerprint density at radius 1 is 1.47 bits per heavy atom. The largest absolute Gasteiger partial charge is 0.481 e. The number of halogens is 1. The van der Waals surface area contributed by atoms with Crippen LogP contribution >= 0.6 is 23.4 Å². The Bertz CT molecular complexity index is 544. The van der Waals surface area contributed by atoms with E-state index in [0.29, 0.717) is 16.5 Å². The number of benzene rings is 1. The van der Waals surface area contributed by atoms with Crippen molar-refractivity contribution < 1.29 is 14.3 Å². The van der Waals surface area contributed by atoms with Crippen molar-refractivity contribution in [3.63, 3.8) is 0 Å². The molecule has 0 aliphatic carbocycles. The Hall–Kier alpha value is -1.53. The third kappa shape index (κ3) is 3.21. The summed E-state index contributed by atoms with van der Waals surface area (Å²) in [5.41, 5.74) is 0.701. The molecular weight excluding hydrogens is 264 g/mol. The van der Waals surface area contributed by atoms with E-state index in [1.54, 1.807) is 24.3 Å². The standard InChI is InChI=1S/C10H7ClN2O3S/c11-7-3-1-2-6(4-7)9-12-13-10(16-9)17-5-8(14)15/h1-4H,5H2,(H,14,15). The second kappa shape index (κ2) is 5.20. The number of carboxylic acids is 1. The molecule has 5 nitrogen and oxygen atoms in total. The first-order chi connectivity index (χ1) is 8.15. The van der Waals surface area contributed by atoms with Crippen LogP contribution in [0.25, 0.3) is 11.5 Å². The van der Waals surface area contributed by atoms with E-state index in [1.165, 1.54) is 0 Å². The predicted octanol–water partition coefficient (Wildman–Crippen LogP) is 2.57. The van der Waals surface area contributed by atoms with Gasteiger partial charge in [-0.25, -0.2) is 0 Å². The van der Waals surface area contributed by atoms with E-state index in [1.807, 2.05) is 0 Å². The molecule has 0 atom stereocenters. The number of carboxylic acid groups (broad SMARTS) is 1. The molecule has 0 spiro atoms. The minimum atomic E-state index is -0.933. The van der Waals surface area contributed by atoms with Gasteiger partial charge in [0.15, 0.2) is 0 Å². The van der Waals surface area contributed by atoms with Gasteiger partial charge < -0.3 is 9.52 Å². The third-order valence-electron chi connectivity index (χ3n) is 1.80. The zero-order chi connectivity index (χ0) is 12.3. The normalized spacial score (nSPS) is 10.4.